The molecule has 2 aromatic rings. The Kier molecular flexibility index (Phi) is 2.80. The fourth-order valence-electron chi connectivity index (χ4n) is 2.27. The number of benzene rings is 2. The van der Waals surface area contributed by atoms with Crippen LogP contribution in [0.1, 0.15) is 17.2 Å². The molecule has 0 amide bonds. The van der Waals surface area contributed by atoms with Crippen LogP contribution in [0.25, 0.3) is 0 Å². The van der Waals surface area contributed by atoms with Gasteiger partial charge in [0.05, 0.1) is 6.04 Å². The van der Waals surface area contributed by atoms with Gasteiger partial charge in [-0.1, -0.05) is 48.5 Å². The van der Waals surface area contributed by atoms with Gasteiger partial charge in [0.2, 0.25) is 0 Å². The highest BCUT2D eigenvalue weighted by atomic mass is 16.5. The minimum atomic E-state index is 0.231. The molecule has 3 rings (SSSR count). The van der Waals surface area contributed by atoms with Gasteiger partial charge in [-0.15, -0.1) is 0 Å². The fourth-order valence-corrected chi connectivity index (χ4v) is 2.27. The van der Waals surface area contributed by atoms with E-state index in [1.165, 1.54) is 11.1 Å². The fraction of sp³-hybridized carbons (Fsp3) is 0.200. The number of ether oxygens (including phenoxy) is 1. The monoisotopic (exact) mass is 225 g/mol. The average molecular weight is 225 g/mol. The third kappa shape index (κ3) is 2.04. The number of hydrogen-bond donors (Lipinski definition) is 1. The third-order valence-corrected chi connectivity index (χ3v) is 3.07. The Hall–Kier alpha value is -1.80. The topological polar surface area (TPSA) is 21.3 Å². The molecule has 0 saturated carbocycles. The zero-order chi connectivity index (χ0) is 11.5. The van der Waals surface area contributed by atoms with Crippen molar-refractivity contribution in [3.05, 3.63) is 65.7 Å². The summed E-state index contributed by atoms with van der Waals surface area (Å²) in [5.74, 6) is 0.992. The van der Waals surface area contributed by atoms with E-state index in [1.54, 1.807) is 0 Å². The van der Waals surface area contributed by atoms with Gasteiger partial charge in [-0.3, -0.25) is 0 Å². The van der Waals surface area contributed by atoms with Crippen LogP contribution in [0.15, 0.2) is 54.6 Å². The lowest BCUT2D eigenvalue weighted by atomic mass is 9.98. The van der Waals surface area contributed by atoms with Crippen molar-refractivity contribution in [2.45, 2.75) is 6.04 Å². The van der Waals surface area contributed by atoms with Crippen LogP contribution in [0.5, 0.6) is 5.75 Å². The molecule has 0 spiro atoms. The van der Waals surface area contributed by atoms with Gasteiger partial charge < -0.3 is 10.1 Å². The molecule has 0 saturated heterocycles. The minimum Gasteiger partial charge on any atom is -0.492 e. The number of rotatable bonds is 1. The van der Waals surface area contributed by atoms with E-state index in [4.69, 9.17) is 4.74 Å². The van der Waals surface area contributed by atoms with Crippen LogP contribution in [0.2, 0.25) is 0 Å². The molecule has 0 aromatic heterocycles. The number of para-hydroxylation sites is 1. The summed E-state index contributed by atoms with van der Waals surface area (Å²) in [6, 6.07) is 19.0. The zero-order valence-electron chi connectivity index (χ0n) is 9.60. The molecule has 0 unspecified atom stereocenters. The first-order chi connectivity index (χ1) is 8.45. The molecule has 0 bridgehead atoms. The van der Waals surface area contributed by atoms with E-state index in [0.717, 1.165) is 18.9 Å². The maximum Gasteiger partial charge on any atom is 0.124 e. The van der Waals surface area contributed by atoms with Gasteiger partial charge >= 0.3 is 0 Å². The lowest BCUT2D eigenvalue weighted by molar-refractivity contribution is 0.325. The smallest absolute Gasteiger partial charge is 0.124 e. The van der Waals surface area contributed by atoms with E-state index in [1.807, 2.05) is 18.2 Å². The molecular formula is C15H15NO. The van der Waals surface area contributed by atoms with Crippen molar-refractivity contribution in [2.75, 3.05) is 13.2 Å². The number of nitrogens with one attached hydrogen (secondary N) is 1. The molecule has 2 nitrogen and oxygen atoms in total. The van der Waals surface area contributed by atoms with Crippen LogP contribution in [-0.4, -0.2) is 13.2 Å². The predicted molar refractivity (Wildman–Crippen MR) is 68.2 cm³/mol. The van der Waals surface area contributed by atoms with Gasteiger partial charge in [-0.05, 0) is 11.6 Å². The van der Waals surface area contributed by atoms with E-state index in [-0.39, 0.29) is 6.04 Å². The molecule has 1 aliphatic rings. The van der Waals surface area contributed by atoms with Gasteiger partial charge in [0, 0.05) is 12.1 Å². The van der Waals surface area contributed by atoms with E-state index in [2.05, 4.69) is 41.7 Å². The molecule has 2 aromatic carbocycles. The largest absolute Gasteiger partial charge is 0.492 e. The van der Waals surface area contributed by atoms with Crippen molar-refractivity contribution in [1.82, 2.24) is 5.32 Å². The first-order valence-electron chi connectivity index (χ1n) is 5.95. The Morgan fingerprint density at radius 2 is 1.71 bits per heavy atom. The van der Waals surface area contributed by atoms with Crippen LogP contribution in [-0.2, 0) is 0 Å². The molecule has 1 heterocycles. The quantitative estimate of drug-likeness (QED) is 0.805. The van der Waals surface area contributed by atoms with Gasteiger partial charge in [0.25, 0.3) is 0 Å². The minimum absolute atomic E-state index is 0.231. The SMILES string of the molecule is c1ccc([C@H]2NCCOc3ccccc32)cc1. The summed E-state index contributed by atoms with van der Waals surface area (Å²) >= 11 is 0. The highest BCUT2D eigenvalue weighted by Crippen LogP contribution is 2.31. The Bertz CT molecular complexity index is 495. The van der Waals surface area contributed by atoms with Gasteiger partial charge in [0.15, 0.2) is 0 Å². The van der Waals surface area contributed by atoms with Gasteiger partial charge in [0.1, 0.15) is 12.4 Å². The lowest BCUT2D eigenvalue weighted by Gasteiger charge is -2.17. The summed E-state index contributed by atoms with van der Waals surface area (Å²) in [6.07, 6.45) is 0. The second-order valence-electron chi connectivity index (χ2n) is 4.18. The average Bonchev–Trinajstić information content (AvgIpc) is 2.62. The van der Waals surface area contributed by atoms with Crippen LogP contribution in [0.3, 0.4) is 0 Å². The number of hydrogen-bond acceptors (Lipinski definition) is 2. The first kappa shape index (κ1) is 10.4. The van der Waals surface area contributed by atoms with Crippen molar-refractivity contribution in [2.24, 2.45) is 0 Å². The molecule has 1 aliphatic heterocycles. The molecule has 17 heavy (non-hydrogen) atoms. The second kappa shape index (κ2) is 4.60. The highest BCUT2D eigenvalue weighted by molar-refractivity contribution is 5.42. The summed E-state index contributed by atoms with van der Waals surface area (Å²) in [5.41, 5.74) is 2.50. The van der Waals surface area contributed by atoms with Crippen molar-refractivity contribution >= 4 is 0 Å². The third-order valence-electron chi connectivity index (χ3n) is 3.07. The summed E-state index contributed by atoms with van der Waals surface area (Å²) in [7, 11) is 0. The van der Waals surface area contributed by atoms with Gasteiger partial charge in [-0.2, -0.15) is 0 Å². The lowest BCUT2D eigenvalue weighted by Crippen LogP contribution is -2.23. The van der Waals surface area contributed by atoms with Crippen molar-refractivity contribution in [3.63, 3.8) is 0 Å². The molecule has 1 atom stereocenters. The normalized spacial score (nSPS) is 18.9. The van der Waals surface area contributed by atoms with E-state index in [9.17, 15) is 0 Å². The Labute approximate surface area is 101 Å². The predicted octanol–water partition coefficient (Wildman–Crippen LogP) is 2.76. The molecular weight excluding hydrogens is 210 g/mol. The molecule has 0 radical (unpaired) electrons. The van der Waals surface area contributed by atoms with E-state index >= 15 is 0 Å². The summed E-state index contributed by atoms with van der Waals surface area (Å²) in [4.78, 5) is 0. The molecule has 0 fully saturated rings. The first-order valence-corrected chi connectivity index (χ1v) is 5.95. The Morgan fingerprint density at radius 3 is 2.59 bits per heavy atom. The van der Waals surface area contributed by atoms with Crippen LogP contribution >= 0.6 is 0 Å². The van der Waals surface area contributed by atoms with Crippen molar-refractivity contribution < 1.29 is 4.74 Å². The second-order valence-corrected chi connectivity index (χ2v) is 4.18. The summed E-state index contributed by atoms with van der Waals surface area (Å²) in [5, 5.41) is 3.53. The van der Waals surface area contributed by atoms with Crippen LogP contribution < -0.4 is 10.1 Å². The van der Waals surface area contributed by atoms with Gasteiger partial charge in [-0.25, -0.2) is 0 Å². The number of fused-ring (bicyclic) bond motifs is 1. The Balaban J connectivity index is 2.06. The van der Waals surface area contributed by atoms with Crippen LogP contribution in [0, 0.1) is 0 Å². The highest BCUT2D eigenvalue weighted by Gasteiger charge is 2.19. The molecule has 0 aliphatic carbocycles. The molecule has 1 N–H and O–H groups in total. The zero-order valence-corrected chi connectivity index (χ0v) is 9.60. The van der Waals surface area contributed by atoms with Crippen LogP contribution in [0.4, 0.5) is 0 Å². The van der Waals surface area contributed by atoms with E-state index in [0.29, 0.717) is 0 Å². The summed E-state index contributed by atoms with van der Waals surface area (Å²) in [6.45, 7) is 1.59. The maximum atomic E-state index is 5.74. The standard InChI is InChI=1S/C15H15NO/c1-2-6-12(7-3-1)15-13-8-4-5-9-14(13)17-11-10-16-15/h1-9,15-16H,10-11H2/t15-/m1/s1. The summed E-state index contributed by atoms with van der Waals surface area (Å²) < 4.78 is 5.74. The Morgan fingerprint density at radius 1 is 0.941 bits per heavy atom. The van der Waals surface area contributed by atoms with Crippen molar-refractivity contribution in [3.8, 4) is 5.75 Å². The van der Waals surface area contributed by atoms with Crippen molar-refractivity contribution in [1.29, 1.82) is 0 Å². The maximum absolute atomic E-state index is 5.74. The molecule has 86 valence electrons. The molecule has 2 heteroatoms. The van der Waals surface area contributed by atoms with E-state index < -0.39 is 0 Å².